The highest BCUT2D eigenvalue weighted by Crippen LogP contribution is 2.31. The zero-order valence-corrected chi connectivity index (χ0v) is 15.4. The molecule has 8 heteroatoms. The zero-order chi connectivity index (χ0) is 19.5. The number of ether oxygens (including phenoxy) is 1. The monoisotopic (exact) mass is 377 g/mol. The second-order valence-corrected chi connectivity index (χ2v) is 6.62. The average Bonchev–Trinajstić information content (AvgIpc) is 3.30. The zero-order valence-electron chi connectivity index (χ0n) is 15.4. The van der Waals surface area contributed by atoms with Gasteiger partial charge in [0, 0.05) is 17.3 Å². The molecule has 1 atom stereocenters. The molecule has 8 nitrogen and oxygen atoms in total. The number of benzene rings is 2. The minimum atomic E-state index is -0.592. The van der Waals surface area contributed by atoms with Crippen molar-refractivity contribution >= 4 is 17.6 Å². The first-order chi connectivity index (χ1) is 13.6. The Morgan fingerprint density at radius 2 is 1.86 bits per heavy atom. The van der Waals surface area contributed by atoms with E-state index in [1.807, 2.05) is 61.5 Å². The Labute approximate surface area is 161 Å². The van der Waals surface area contributed by atoms with E-state index in [0.717, 1.165) is 28.0 Å². The molecule has 0 saturated carbocycles. The molecule has 1 amide bonds. The van der Waals surface area contributed by atoms with Crippen LogP contribution in [-0.4, -0.2) is 44.7 Å². The standard InChI is InChI=1S/C20H19N5O3/c1-14-11-16-9-5-6-10-17(16)25(14)18(26)13-28-19(27)12-24-22-20(21-23-24)15-7-3-2-4-8-15/h2-10,14H,11-13H2,1H3/t14-/m1/s1. The Kier molecular flexibility index (Phi) is 4.84. The Hall–Kier alpha value is -3.55. The van der Waals surface area contributed by atoms with E-state index in [9.17, 15) is 9.59 Å². The summed E-state index contributed by atoms with van der Waals surface area (Å²) in [6.45, 7) is 1.45. The first-order valence-corrected chi connectivity index (χ1v) is 9.00. The smallest absolute Gasteiger partial charge is 0.330 e. The summed E-state index contributed by atoms with van der Waals surface area (Å²) in [5.41, 5.74) is 2.80. The topological polar surface area (TPSA) is 90.2 Å². The van der Waals surface area contributed by atoms with Crippen LogP contribution in [0.3, 0.4) is 0 Å². The number of anilines is 1. The molecular weight excluding hydrogens is 358 g/mol. The van der Waals surface area contributed by atoms with E-state index in [1.54, 1.807) is 4.90 Å². The molecule has 0 unspecified atom stereocenters. The van der Waals surface area contributed by atoms with E-state index in [4.69, 9.17) is 4.74 Å². The minimum Gasteiger partial charge on any atom is -0.454 e. The highest BCUT2D eigenvalue weighted by atomic mass is 16.5. The van der Waals surface area contributed by atoms with Crippen LogP contribution >= 0.6 is 0 Å². The van der Waals surface area contributed by atoms with Crippen molar-refractivity contribution in [2.75, 3.05) is 11.5 Å². The number of nitrogens with zero attached hydrogens (tertiary/aromatic N) is 5. The maximum Gasteiger partial charge on any atom is 0.330 e. The number of fused-ring (bicyclic) bond motifs is 1. The van der Waals surface area contributed by atoms with E-state index in [-0.39, 0.29) is 25.1 Å². The molecule has 0 radical (unpaired) electrons. The van der Waals surface area contributed by atoms with E-state index in [0.29, 0.717) is 5.82 Å². The van der Waals surface area contributed by atoms with Gasteiger partial charge < -0.3 is 9.64 Å². The van der Waals surface area contributed by atoms with E-state index in [2.05, 4.69) is 15.4 Å². The summed E-state index contributed by atoms with van der Waals surface area (Å²) in [5.74, 6) is -0.417. The van der Waals surface area contributed by atoms with Gasteiger partial charge in [-0.05, 0) is 30.2 Å². The molecule has 0 bridgehead atoms. The third-order valence-corrected chi connectivity index (χ3v) is 4.59. The van der Waals surface area contributed by atoms with Gasteiger partial charge in [-0.1, -0.05) is 48.5 Å². The number of esters is 1. The molecule has 0 spiro atoms. The maximum absolute atomic E-state index is 12.6. The van der Waals surface area contributed by atoms with Gasteiger partial charge in [-0.25, -0.2) is 4.79 Å². The third-order valence-electron chi connectivity index (χ3n) is 4.59. The number of hydrogen-bond donors (Lipinski definition) is 0. The molecule has 1 aliphatic heterocycles. The van der Waals surface area contributed by atoms with Crippen molar-refractivity contribution < 1.29 is 14.3 Å². The molecule has 28 heavy (non-hydrogen) atoms. The number of carbonyl (C=O) groups excluding carboxylic acids is 2. The number of tetrazole rings is 1. The molecule has 0 fully saturated rings. The lowest BCUT2D eigenvalue weighted by Gasteiger charge is -2.22. The molecule has 142 valence electrons. The summed E-state index contributed by atoms with van der Waals surface area (Å²) in [7, 11) is 0. The van der Waals surface area contributed by atoms with Crippen LogP contribution in [0.5, 0.6) is 0 Å². The summed E-state index contributed by atoms with van der Waals surface area (Å²) >= 11 is 0. The Morgan fingerprint density at radius 3 is 2.68 bits per heavy atom. The van der Waals surface area contributed by atoms with E-state index in [1.165, 1.54) is 0 Å². The Balaban J connectivity index is 1.34. The predicted molar refractivity (Wildman–Crippen MR) is 101 cm³/mol. The first-order valence-electron chi connectivity index (χ1n) is 9.00. The summed E-state index contributed by atoms with van der Waals surface area (Å²) < 4.78 is 5.14. The lowest BCUT2D eigenvalue weighted by atomic mass is 10.1. The predicted octanol–water partition coefficient (Wildman–Crippen LogP) is 1.86. The van der Waals surface area contributed by atoms with Crippen molar-refractivity contribution in [2.45, 2.75) is 25.9 Å². The Bertz CT molecular complexity index is 1000. The number of rotatable bonds is 5. The lowest BCUT2D eigenvalue weighted by molar-refractivity contribution is -0.149. The second kappa shape index (κ2) is 7.59. The largest absolute Gasteiger partial charge is 0.454 e. The molecule has 4 rings (SSSR count). The van der Waals surface area contributed by atoms with Gasteiger partial charge in [0.1, 0.15) is 0 Å². The van der Waals surface area contributed by atoms with Crippen molar-refractivity contribution in [3.05, 3.63) is 60.2 Å². The quantitative estimate of drug-likeness (QED) is 0.631. The van der Waals surface area contributed by atoms with Gasteiger partial charge in [-0.3, -0.25) is 4.79 Å². The summed E-state index contributed by atoms with van der Waals surface area (Å²) in [4.78, 5) is 27.5. The average molecular weight is 377 g/mol. The van der Waals surface area contributed by atoms with Crippen molar-refractivity contribution in [3.8, 4) is 11.4 Å². The molecule has 0 N–H and O–H groups in total. The van der Waals surface area contributed by atoms with Gasteiger partial charge in [0.15, 0.2) is 13.2 Å². The number of amides is 1. The van der Waals surface area contributed by atoms with Crippen molar-refractivity contribution in [3.63, 3.8) is 0 Å². The lowest BCUT2D eigenvalue weighted by Crippen LogP contribution is -2.39. The van der Waals surface area contributed by atoms with Crippen LogP contribution in [0.1, 0.15) is 12.5 Å². The fraction of sp³-hybridized carbons (Fsp3) is 0.250. The molecule has 3 aromatic rings. The van der Waals surface area contributed by atoms with Crippen LogP contribution in [0.15, 0.2) is 54.6 Å². The highest BCUT2D eigenvalue weighted by molar-refractivity contribution is 5.97. The summed E-state index contributed by atoms with van der Waals surface area (Å²) in [5, 5.41) is 12.0. The van der Waals surface area contributed by atoms with E-state index < -0.39 is 5.97 Å². The van der Waals surface area contributed by atoms with Crippen molar-refractivity contribution in [1.82, 2.24) is 20.2 Å². The van der Waals surface area contributed by atoms with Gasteiger partial charge in [-0.15, -0.1) is 10.2 Å². The Morgan fingerprint density at radius 1 is 1.11 bits per heavy atom. The number of aromatic nitrogens is 4. The van der Waals surface area contributed by atoms with E-state index >= 15 is 0 Å². The van der Waals surface area contributed by atoms with Crippen LogP contribution in [-0.2, 0) is 27.3 Å². The third kappa shape index (κ3) is 3.62. The van der Waals surface area contributed by atoms with Crippen LogP contribution in [0.4, 0.5) is 5.69 Å². The fourth-order valence-electron chi connectivity index (χ4n) is 3.33. The first kappa shape index (κ1) is 17.8. The SMILES string of the molecule is C[C@@H]1Cc2ccccc2N1C(=O)COC(=O)Cn1nnc(-c2ccccc2)n1. The van der Waals surface area contributed by atoms with Crippen molar-refractivity contribution in [2.24, 2.45) is 0 Å². The number of hydrogen-bond acceptors (Lipinski definition) is 6. The number of para-hydroxylation sites is 1. The molecule has 1 aliphatic rings. The van der Waals surface area contributed by atoms with Gasteiger partial charge in [0.25, 0.3) is 5.91 Å². The van der Waals surface area contributed by atoms with Crippen LogP contribution in [0.25, 0.3) is 11.4 Å². The number of carbonyl (C=O) groups is 2. The van der Waals surface area contributed by atoms with Crippen LogP contribution in [0.2, 0.25) is 0 Å². The van der Waals surface area contributed by atoms with Gasteiger partial charge in [-0.2, -0.15) is 4.80 Å². The summed E-state index contributed by atoms with van der Waals surface area (Å²) in [6.07, 6.45) is 0.793. The fourth-order valence-corrected chi connectivity index (χ4v) is 3.33. The van der Waals surface area contributed by atoms with Crippen LogP contribution in [0, 0.1) is 0 Å². The molecule has 0 saturated heterocycles. The van der Waals surface area contributed by atoms with Crippen molar-refractivity contribution in [1.29, 1.82) is 0 Å². The van der Waals surface area contributed by atoms with Crippen LogP contribution < -0.4 is 4.90 Å². The second-order valence-electron chi connectivity index (χ2n) is 6.62. The van der Waals surface area contributed by atoms with Gasteiger partial charge >= 0.3 is 5.97 Å². The molecule has 0 aliphatic carbocycles. The maximum atomic E-state index is 12.6. The highest BCUT2D eigenvalue weighted by Gasteiger charge is 2.31. The van der Waals surface area contributed by atoms with Gasteiger partial charge in [0.05, 0.1) is 0 Å². The molecular formula is C20H19N5O3. The molecule has 2 heterocycles. The molecule has 1 aromatic heterocycles. The van der Waals surface area contributed by atoms with Gasteiger partial charge in [0.2, 0.25) is 5.82 Å². The molecule has 2 aromatic carbocycles. The normalized spacial score (nSPS) is 15.3. The summed E-state index contributed by atoms with van der Waals surface area (Å²) in [6, 6.07) is 17.1. The minimum absolute atomic E-state index is 0.0361.